The van der Waals surface area contributed by atoms with Gasteiger partial charge in [-0.1, -0.05) is 23.7 Å². The van der Waals surface area contributed by atoms with E-state index in [0.717, 1.165) is 31.0 Å². The standard InChI is InChI=1S/C22H23ClF2N2O2/c23-19-4-2-1-3-18(19)22(29)27-11-9-15(10-12-27)5-8-21(28)26-14-16-13-17(24)6-7-20(16)25/h1-4,6-7,13,15H,5,8-12,14H2,(H,26,28). The summed E-state index contributed by atoms with van der Waals surface area (Å²) in [5.41, 5.74) is 0.640. The predicted octanol–water partition coefficient (Wildman–Crippen LogP) is 4.57. The van der Waals surface area contributed by atoms with E-state index in [2.05, 4.69) is 5.32 Å². The van der Waals surface area contributed by atoms with Crippen LogP contribution in [0.3, 0.4) is 0 Å². The number of amides is 2. The molecule has 1 fully saturated rings. The Balaban J connectivity index is 1.40. The van der Waals surface area contributed by atoms with Crippen molar-refractivity contribution in [2.75, 3.05) is 13.1 Å². The zero-order chi connectivity index (χ0) is 20.8. The molecule has 7 heteroatoms. The van der Waals surface area contributed by atoms with E-state index in [4.69, 9.17) is 11.6 Å². The Morgan fingerprint density at radius 3 is 2.55 bits per heavy atom. The van der Waals surface area contributed by atoms with Gasteiger partial charge in [0, 0.05) is 31.6 Å². The number of carbonyl (C=O) groups is 2. The van der Waals surface area contributed by atoms with Crippen LogP contribution in [-0.4, -0.2) is 29.8 Å². The van der Waals surface area contributed by atoms with Gasteiger partial charge in [-0.25, -0.2) is 8.78 Å². The van der Waals surface area contributed by atoms with E-state index in [1.807, 2.05) is 0 Å². The van der Waals surface area contributed by atoms with Gasteiger partial charge in [-0.05, 0) is 55.5 Å². The zero-order valence-electron chi connectivity index (χ0n) is 16.0. The van der Waals surface area contributed by atoms with Crippen molar-refractivity contribution >= 4 is 23.4 Å². The molecule has 0 aliphatic carbocycles. The van der Waals surface area contributed by atoms with Crippen molar-refractivity contribution in [2.24, 2.45) is 5.92 Å². The van der Waals surface area contributed by atoms with Crippen molar-refractivity contribution in [1.29, 1.82) is 0 Å². The molecule has 0 bridgehead atoms. The Bertz CT molecular complexity index is 883. The van der Waals surface area contributed by atoms with Crippen molar-refractivity contribution < 1.29 is 18.4 Å². The quantitative estimate of drug-likeness (QED) is 0.744. The first-order chi connectivity index (χ1) is 13.9. The Morgan fingerprint density at radius 1 is 1.10 bits per heavy atom. The fraction of sp³-hybridized carbons (Fsp3) is 0.364. The highest BCUT2D eigenvalue weighted by Crippen LogP contribution is 2.25. The van der Waals surface area contributed by atoms with Gasteiger partial charge in [-0.3, -0.25) is 9.59 Å². The summed E-state index contributed by atoms with van der Waals surface area (Å²) in [6.45, 7) is 1.23. The van der Waals surface area contributed by atoms with E-state index < -0.39 is 11.6 Å². The molecule has 1 saturated heterocycles. The molecule has 0 saturated carbocycles. The van der Waals surface area contributed by atoms with Crippen molar-refractivity contribution in [3.8, 4) is 0 Å². The van der Waals surface area contributed by atoms with Gasteiger partial charge in [-0.2, -0.15) is 0 Å². The molecule has 2 aromatic rings. The smallest absolute Gasteiger partial charge is 0.255 e. The molecule has 3 rings (SSSR count). The van der Waals surface area contributed by atoms with Crippen LogP contribution < -0.4 is 5.32 Å². The Hall–Kier alpha value is -2.47. The van der Waals surface area contributed by atoms with E-state index in [1.54, 1.807) is 29.2 Å². The molecule has 29 heavy (non-hydrogen) atoms. The lowest BCUT2D eigenvalue weighted by Crippen LogP contribution is -2.38. The molecule has 154 valence electrons. The summed E-state index contributed by atoms with van der Waals surface area (Å²) in [6, 6.07) is 10.2. The molecule has 0 atom stereocenters. The van der Waals surface area contributed by atoms with Crippen LogP contribution in [0.5, 0.6) is 0 Å². The largest absolute Gasteiger partial charge is 0.352 e. The molecule has 4 nitrogen and oxygen atoms in total. The van der Waals surface area contributed by atoms with Crippen LogP contribution in [0.1, 0.15) is 41.6 Å². The van der Waals surface area contributed by atoms with Crippen LogP contribution in [0.2, 0.25) is 5.02 Å². The van der Waals surface area contributed by atoms with Crippen LogP contribution >= 0.6 is 11.6 Å². The van der Waals surface area contributed by atoms with Gasteiger partial charge in [0.2, 0.25) is 5.91 Å². The van der Waals surface area contributed by atoms with Crippen LogP contribution in [-0.2, 0) is 11.3 Å². The molecular formula is C22H23ClF2N2O2. The molecule has 0 spiro atoms. The number of carbonyl (C=O) groups excluding carboxylic acids is 2. The third-order valence-electron chi connectivity index (χ3n) is 5.27. The number of halogens is 3. The third-order valence-corrected chi connectivity index (χ3v) is 5.60. The second-order valence-corrected chi connectivity index (χ2v) is 7.67. The molecular weight excluding hydrogens is 398 g/mol. The van der Waals surface area contributed by atoms with Gasteiger partial charge in [0.15, 0.2) is 0 Å². The van der Waals surface area contributed by atoms with Crippen LogP contribution in [0.4, 0.5) is 8.78 Å². The number of likely N-dealkylation sites (tertiary alicyclic amines) is 1. The van der Waals surface area contributed by atoms with Gasteiger partial charge in [-0.15, -0.1) is 0 Å². The van der Waals surface area contributed by atoms with Crippen molar-refractivity contribution in [3.63, 3.8) is 0 Å². The topological polar surface area (TPSA) is 49.4 Å². The van der Waals surface area contributed by atoms with E-state index >= 15 is 0 Å². The molecule has 1 aliphatic heterocycles. The number of nitrogens with zero attached hydrogens (tertiary/aromatic N) is 1. The molecule has 1 N–H and O–H groups in total. The SMILES string of the molecule is O=C(CCC1CCN(C(=O)c2ccccc2Cl)CC1)NCc1cc(F)ccc1F. The van der Waals surface area contributed by atoms with Crippen molar-refractivity contribution in [2.45, 2.75) is 32.2 Å². The summed E-state index contributed by atoms with van der Waals surface area (Å²) in [5, 5.41) is 3.09. The third kappa shape index (κ3) is 5.76. The molecule has 0 radical (unpaired) electrons. The fourth-order valence-corrected chi connectivity index (χ4v) is 3.74. The summed E-state index contributed by atoms with van der Waals surface area (Å²) in [4.78, 5) is 26.4. The van der Waals surface area contributed by atoms with E-state index in [0.29, 0.717) is 42.4 Å². The van der Waals surface area contributed by atoms with E-state index in [1.165, 1.54) is 0 Å². The van der Waals surface area contributed by atoms with E-state index in [9.17, 15) is 18.4 Å². The Morgan fingerprint density at radius 2 is 1.83 bits per heavy atom. The molecule has 2 amide bonds. The van der Waals surface area contributed by atoms with Gasteiger partial charge < -0.3 is 10.2 Å². The maximum atomic E-state index is 13.6. The van der Waals surface area contributed by atoms with Crippen LogP contribution in [0.15, 0.2) is 42.5 Å². The number of piperidine rings is 1. The summed E-state index contributed by atoms with van der Waals surface area (Å²) in [5.74, 6) is -0.981. The highest BCUT2D eigenvalue weighted by atomic mass is 35.5. The lowest BCUT2D eigenvalue weighted by atomic mass is 9.91. The van der Waals surface area contributed by atoms with Gasteiger partial charge in [0.25, 0.3) is 5.91 Å². The number of hydrogen-bond acceptors (Lipinski definition) is 2. The maximum Gasteiger partial charge on any atom is 0.255 e. The summed E-state index contributed by atoms with van der Waals surface area (Å²) < 4.78 is 26.8. The average molecular weight is 421 g/mol. The molecule has 1 aliphatic rings. The second-order valence-electron chi connectivity index (χ2n) is 7.27. The lowest BCUT2D eigenvalue weighted by Gasteiger charge is -2.32. The first kappa shape index (κ1) is 21.2. The normalized spacial score (nSPS) is 14.7. The summed E-state index contributed by atoms with van der Waals surface area (Å²) >= 11 is 6.11. The Kier molecular flexibility index (Phi) is 7.20. The minimum Gasteiger partial charge on any atom is -0.352 e. The van der Waals surface area contributed by atoms with Crippen molar-refractivity contribution in [1.82, 2.24) is 10.2 Å². The summed E-state index contributed by atoms with van der Waals surface area (Å²) in [6.07, 6.45) is 2.66. The van der Waals surface area contributed by atoms with Gasteiger partial charge in [0.1, 0.15) is 11.6 Å². The maximum absolute atomic E-state index is 13.6. The van der Waals surface area contributed by atoms with Crippen LogP contribution in [0.25, 0.3) is 0 Å². The number of rotatable bonds is 6. The van der Waals surface area contributed by atoms with E-state index in [-0.39, 0.29) is 23.9 Å². The van der Waals surface area contributed by atoms with Gasteiger partial charge >= 0.3 is 0 Å². The molecule has 1 heterocycles. The van der Waals surface area contributed by atoms with Crippen molar-refractivity contribution in [3.05, 3.63) is 70.2 Å². The fourth-order valence-electron chi connectivity index (χ4n) is 3.53. The highest BCUT2D eigenvalue weighted by molar-refractivity contribution is 6.33. The molecule has 0 aromatic heterocycles. The number of hydrogen-bond donors (Lipinski definition) is 1. The number of nitrogens with one attached hydrogen (secondary N) is 1. The minimum absolute atomic E-state index is 0.0345. The second kappa shape index (κ2) is 9.83. The van der Waals surface area contributed by atoms with Crippen LogP contribution in [0, 0.1) is 17.6 Å². The highest BCUT2D eigenvalue weighted by Gasteiger charge is 2.25. The molecule has 2 aromatic carbocycles. The first-order valence-electron chi connectivity index (χ1n) is 9.68. The predicted molar refractivity (Wildman–Crippen MR) is 108 cm³/mol. The number of benzene rings is 2. The first-order valence-corrected chi connectivity index (χ1v) is 10.1. The zero-order valence-corrected chi connectivity index (χ0v) is 16.7. The van der Waals surface area contributed by atoms with Gasteiger partial charge in [0.05, 0.1) is 10.6 Å². The Labute approximate surface area is 173 Å². The average Bonchev–Trinajstić information content (AvgIpc) is 2.73. The summed E-state index contributed by atoms with van der Waals surface area (Å²) in [7, 11) is 0. The molecule has 0 unspecified atom stereocenters. The monoisotopic (exact) mass is 420 g/mol. The lowest BCUT2D eigenvalue weighted by molar-refractivity contribution is -0.121. The minimum atomic E-state index is -0.540.